The van der Waals surface area contributed by atoms with E-state index in [1.54, 1.807) is 6.20 Å². The van der Waals surface area contributed by atoms with E-state index < -0.39 is 0 Å². The van der Waals surface area contributed by atoms with Gasteiger partial charge in [-0.25, -0.2) is 4.98 Å². The number of carbonyl (C=O) groups excluding carboxylic acids is 1. The van der Waals surface area contributed by atoms with Crippen molar-refractivity contribution in [3.05, 3.63) is 28.7 Å². The van der Waals surface area contributed by atoms with Gasteiger partial charge in [-0.05, 0) is 31.2 Å². The van der Waals surface area contributed by atoms with Crippen LogP contribution >= 0.6 is 11.6 Å². The van der Waals surface area contributed by atoms with Gasteiger partial charge in [-0.2, -0.15) is 0 Å². The molecule has 3 rings (SSSR count). The summed E-state index contributed by atoms with van der Waals surface area (Å²) in [6, 6.07) is 0. The van der Waals surface area contributed by atoms with E-state index in [0.29, 0.717) is 16.6 Å². The van der Waals surface area contributed by atoms with Crippen molar-refractivity contribution in [3.8, 4) is 0 Å². The summed E-state index contributed by atoms with van der Waals surface area (Å²) in [6.07, 6.45) is 7.28. The SMILES string of the molecule is Cc1cn(C)c2c(Cl)ncc(C(=O)NCC3CCC3)c12. The van der Waals surface area contributed by atoms with Crippen LogP contribution in [0.1, 0.15) is 35.2 Å². The number of halogens is 1. The number of carbonyl (C=O) groups is 1. The monoisotopic (exact) mass is 291 g/mol. The molecule has 0 atom stereocenters. The highest BCUT2D eigenvalue weighted by molar-refractivity contribution is 6.34. The molecular weight excluding hydrogens is 274 g/mol. The Morgan fingerprint density at radius 3 is 2.95 bits per heavy atom. The molecule has 0 spiro atoms. The lowest BCUT2D eigenvalue weighted by molar-refractivity contribution is 0.0940. The average molecular weight is 292 g/mol. The van der Waals surface area contributed by atoms with Crippen LogP contribution in [0.25, 0.3) is 10.9 Å². The van der Waals surface area contributed by atoms with Gasteiger partial charge in [0.25, 0.3) is 5.91 Å². The summed E-state index contributed by atoms with van der Waals surface area (Å²) in [4.78, 5) is 16.5. The van der Waals surface area contributed by atoms with Gasteiger partial charge in [0.2, 0.25) is 0 Å². The molecule has 106 valence electrons. The van der Waals surface area contributed by atoms with Crippen molar-refractivity contribution < 1.29 is 4.79 Å². The third-order valence-electron chi connectivity index (χ3n) is 4.16. The van der Waals surface area contributed by atoms with Crippen molar-refractivity contribution >= 4 is 28.4 Å². The molecule has 0 aromatic carbocycles. The van der Waals surface area contributed by atoms with Gasteiger partial charge in [-0.3, -0.25) is 4.79 Å². The van der Waals surface area contributed by atoms with Gasteiger partial charge in [0, 0.05) is 31.4 Å². The van der Waals surface area contributed by atoms with E-state index >= 15 is 0 Å². The van der Waals surface area contributed by atoms with Crippen LogP contribution in [0.15, 0.2) is 12.4 Å². The molecule has 2 heterocycles. The van der Waals surface area contributed by atoms with Crippen LogP contribution in [0.3, 0.4) is 0 Å². The number of nitrogens with one attached hydrogen (secondary N) is 1. The fraction of sp³-hybridized carbons (Fsp3) is 0.467. The van der Waals surface area contributed by atoms with Crippen molar-refractivity contribution in [1.29, 1.82) is 0 Å². The summed E-state index contributed by atoms with van der Waals surface area (Å²) < 4.78 is 1.92. The third-order valence-corrected chi connectivity index (χ3v) is 4.44. The zero-order chi connectivity index (χ0) is 14.3. The molecule has 5 heteroatoms. The van der Waals surface area contributed by atoms with Gasteiger partial charge in [0.1, 0.15) is 0 Å². The zero-order valence-corrected chi connectivity index (χ0v) is 12.5. The molecule has 1 amide bonds. The van der Waals surface area contributed by atoms with Gasteiger partial charge in [-0.1, -0.05) is 18.0 Å². The van der Waals surface area contributed by atoms with Crippen LogP contribution in [0.4, 0.5) is 0 Å². The number of aryl methyl sites for hydroxylation is 2. The number of hydrogen-bond donors (Lipinski definition) is 1. The minimum atomic E-state index is -0.0552. The topological polar surface area (TPSA) is 46.9 Å². The normalized spacial score (nSPS) is 15.3. The molecule has 0 unspecified atom stereocenters. The van der Waals surface area contributed by atoms with E-state index in [2.05, 4.69) is 10.3 Å². The quantitative estimate of drug-likeness (QED) is 0.884. The van der Waals surface area contributed by atoms with Gasteiger partial charge in [0.05, 0.1) is 11.1 Å². The second kappa shape index (κ2) is 5.09. The number of nitrogens with zero attached hydrogens (tertiary/aromatic N) is 2. The minimum absolute atomic E-state index is 0.0552. The van der Waals surface area contributed by atoms with Gasteiger partial charge in [0.15, 0.2) is 5.15 Å². The van der Waals surface area contributed by atoms with Crippen LogP contribution in [0, 0.1) is 12.8 Å². The average Bonchev–Trinajstić information content (AvgIpc) is 2.64. The Balaban J connectivity index is 1.94. The Morgan fingerprint density at radius 1 is 1.55 bits per heavy atom. The Morgan fingerprint density at radius 2 is 2.30 bits per heavy atom. The van der Waals surface area contributed by atoms with Crippen LogP contribution < -0.4 is 5.32 Å². The highest BCUT2D eigenvalue weighted by Crippen LogP contribution is 2.29. The molecule has 4 nitrogen and oxygen atoms in total. The van der Waals surface area contributed by atoms with Crippen LogP contribution in [-0.4, -0.2) is 22.0 Å². The second-order valence-corrected chi connectivity index (χ2v) is 5.97. The van der Waals surface area contributed by atoms with Crippen molar-refractivity contribution in [2.45, 2.75) is 26.2 Å². The van der Waals surface area contributed by atoms with Gasteiger partial charge >= 0.3 is 0 Å². The smallest absolute Gasteiger partial charge is 0.253 e. The lowest BCUT2D eigenvalue weighted by atomic mass is 9.85. The molecule has 1 aliphatic rings. The molecule has 2 aromatic heterocycles. The number of pyridine rings is 1. The number of aromatic nitrogens is 2. The largest absolute Gasteiger partial charge is 0.352 e. The molecule has 0 saturated heterocycles. The molecule has 0 aliphatic heterocycles. The molecule has 0 radical (unpaired) electrons. The van der Waals surface area contributed by atoms with E-state index in [0.717, 1.165) is 23.0 Å². The minimum Gasteiger partial charge on any atom is -0.352 e. The summed E-state index contributed by atoms with van der Waals surface area (Å²) in [5.74, 6) is 0.590. The first-order valence-corrected chi connectivity index (χ1v) is 7.34. The zero-order valence-electron chi connectivity index (χ0n) is 11.7. The number of hydrogen-bond acceptors (Lipinski definition) is 2. The molecule has 1 fully saturated rings. The Bertz CT molecular complexity index is 673. The third kappa shape index (κ3) is 2.18. The maximum atomic E-state index is 12.4. The van der Waals surface area contributed by atoms with Crippen molar-refractivity contribution in [1.82, 2.24) is 14.9 Å². The van der Waals surface area contributed by atoms with Crippen LogP contribution in [-0.2, 0) is 7.05 Å². The number of fused-ring (bicyclic) bond motifs is 1. The first-order valence-electron chi connectivity index (χ1n) is 6.96. The Hall–Kier alpha value is -1.55. The highest BCUT2D eigenvalue weighted by Gasteiger charge is 2.21. The van der Waals surface area contributed by atoms with Crippen molar-refractivity contribution in [2.75, 3.05) is 6.54 Å². The number of amides is 1. The van der Waals surface area contributed by atoms with E-state index in [1.807, 2.05) is 24.7 Å². The number of rotatable bonds is 3. The standard InChI is InChI=1S/C15H18ClN3O/c1-9-8-19(2)13-12(9)11(7-17-14(13)16)15(20)18-6-10-4-3-5-10/h7-8,10H,3-6H2,1-2H3,(H,18,20). The van der Waals surface area contributed by atoms with Gasteiger partial charge in [-0.15, -0.1) is 0 Å². The second-order valence-electron chi connectivity index (χ2n) is 5.62. The first-order chi connectivity index (χ1) is 9.58. The summed E-state index contributed by atoms with van der Waals surface area (Å²) in [5, 5.41) is 4.36. The maximum absolute atomic E-state index is 12.4. The molecule has 1 saturated carbocycles. The van der Waals surface area contributed by atoms with E-state index in [-0.39, 0.29) is 5.91 Å². The van der Waals surface area contributed by atoms with E-state index in [1.165, 1.54) is 19.3 Å². The molecule has 2 aromatic rings. The van der Waals surface area contributed by atoms with Crippen LogP contribution in [0.2, 0.25) is 5.15 Å². The lowest BCUT2D eigenvalue weighted by Crippen LogP contribution is -2.32. The van der Waals surface area contributed by atoms with Crippen LogP contribution in [0.5, 0.6) is 0 Å². The van der Waals surface area contributed by atoms with Crippen molar-refractivity contribution in [2.24, 2.45) is 13.0 Å². The maximum Gasteiger partial charge on any atom is 0.253 e. The predicted octanol–water partition coefficient (Wildman–Crippen LogP) is 3.07. The Labute approximate surface area is 123 Å². The van der Waals surface area contributed by atoms with E-state index in [4.69, 9.17) is 11.6 Å². The molecular formula is C15H18ClN3O. The lowest BCUT2D eigenvalue weighted by Gasteiger charge is -2.25. The molecule has 0 bridgehead atoms. The fourth-order valence-electron chi connectivity index (χ4n) is 2.82. The fourth-order valence-corrected chi connectivity index (χ4v) is 3.10. The molecule has 1 N–H and O–H groups in total. The van der Waals surface area contributed by atoms with E-state index in [9.17, 15) is 4.79 Å². The molecule has 20 heavy (non-hydrogen) atoms. The van der Waals surface area contributed by atoms with Crippen molar-refractivity contribution in [3.63, 3.8) is 0 Å². The summed E-state index contributed by atoms with van der Waals surface area (Å²) in [7, 11) is 1.92. The van der Waals surface area contributed by atoms with Gasteiger partial charge < -0.3 is 9.88 Å². The molecule has 1 aliphatic carbocycles. The summed E-state index contributed by atoms with van der Waals surface area (Å²) in [5.41, 5.74) is 2.47. The first kappa shape index (κ1) is 13.4. The Kier molecular flexibility index (Phi) is 3.42. The predicted molar refractivity (Wildman–Crippen MR) is 80.1 cm³/mol. The summed E-state index contributed by atoms with van der Waals surface area (Å²) >= 11 is 6.15. The summed E-state index contributed by atoms with van der Waals surface area (Å²) in [6.45, 7) is 2.75. The highest BCUT2D eigenvalue weighted by atomic mass is 35.5.